The first-order valence-corrected chi connectivity index (χ1v) is 17.2. The number of ether oxygens (including phenoxy) is 2. The summed E-state index contributed by atoms with van der Waals surface area (Å²) in [5.74, 6) is 0.576. The normalized spacial score (nSPS) is 11.4. The maximum absolute atomic E-state index is 14.4. The fourth-order valence-electron chi connectivity index (χ4n) is 5.36. The number of rotatable bonds is 16. The Morgan fingerprint density at radius 1 is 1.12 bits per heavy atom. The van der Waals surface area contributed by atoms with Gasteiger partial charge in [0.1, 0.15) is 28.8 Å². The van der Waals surface area contributed by atoms with E-state index in [2.05, 4.69) is 34.5 Å². The predicted octanol–water partition coefficient (Wildman–Crippen LogP) is 7.64. The molecule has 2 heterocycles. The van der Waals surface area contributed by atoms with E-state index in [-0.39, 0.29) is 57.2 Å². The maximum Gasteiger partial charge on any atom is 0.265 e. The Hall–Kier alpha value is -4.34. The molecular formula is C37H44Cl3N7O4. The first-order valence-electron chi connectivity index (χ1n) is 16.5. The van der Waals surface area contributed by atoms with Crippen molar-refractivity contribution < 1.29 is 14.3 Å². The van der Waals surface area contributed by atoms with Crippen LogP contribution in [0.25, 0.3) is 22.2 Å². The van der Waals surface area contributed by atoms with E-state index in [9.17, 15) is 14.9 Å². The number of nitrogens with one attached hydrogen (secondary N) is 2. The number of carbonyl (C=O) groups excluding carboxylic acids is 1. The van der Waals surface area contributed by atoms with Gasteiger partial charge in [-0.3, -0.25) is 14.2 Å². The second-order valence-electron chi connectivity index (χ2n) is 12.1. The quantitative estimate of drug-likeness (QED) is 0.0672. The van der Waals surface area contributed by atoms with Crippen LogP contribution in [0.15, 0.2) is 59.0 Å². The van der Waals surface area contributed by atoms with Gasteiger partial charge in [-0.05, 0) is 69.1 Å². The van der Waals surface area contributed by atoms with Crippen LogP contribution in [0.5, 0.6) is 11.5 Å². The Kier molecular flexibility index (Phi) is 15.6. The number of halogens is 3. The lowest BCUT2D eigenvalue weighted by Gasteiger charge is -2.17. The molecule has 2 aromatic carbocycles. The highest BCUT2D eigenvalue weighted by Gasteiger charge is 2.23. The average molecular weight is 757 g/mol. The Morgan fingerprint density at radius 3 is 2.45 bits per heavy atom. The van der Waals surface area contributed by atoms with Crippen LogP contribution in [-0.2, 0) is 17.8 Å². The molecule has 2 aromatic heterocycles. The molecule has 0 saturated heterocycles. The van der Waals surface area contributed by atoms with Gasteiger partial charge in [-0.2, -0.15) is 10.2 Å². The van der Waals surface area contributed by atoms with Gasteiger partial charge < -0.3 is 25.0 Å². The van der Waals surface area contributed by atoms with Gasteiger partial charge in [-0.1, -0.05) is 62.2 Å². The Morgan fingerprint density at radius 2 is 1.82 bits per heavy atom. The van der Waals surface area contributed by atoms with Crippen molar-refractivity contribution in [2.75, 3.05) is 51.5 Å². The zero-order valence-electron chi connectivity index (χ0n) is 29.7. The van der Waals surface area contributed by atoms with E-state index in [0.717, 1.165) is 31.5 Å². The monoisotopic (exact) mass is 755 g/mol. The molecule has 0 radical (unpaired) electrons. The molecule has 0 fully saturated rings. The molecule has 0 spiro atoms. The number of nitriles is 1. The summed E-state index contributed by atoms with van der Waals surface area (Å²) in [4.78, 5) is 38.7. The zero-order chi connectivity index (χ0) is 36.4. The molecule has 0 unspecified atom stereocenters. The summed E-state index contributed by atoms with van der Waals surface area (Å²) >= 11 is 13.5. The lowest BCUT2D eigenvalue weighted by atomic mass is 10.0. The number of anilines is 2. The second kappa shape index (κ2) is 19.3. The summed E-state index contributed by atoms with van der Waals surface area (Å²) in [5.41, 5.74) is 2.00. The molecule has 51 heavy (non-hydrogen) atoms. The third kappa shape index (κ3) is 10.4. The van der Waals surface area contributed by atoms with Gasteiger partial charge in [-0.15, -0.1) is 12.4 Å². The van der Waals surface area contributed by atoms with Crippen LogP contribution in [0.4, 0.5) is 11.6 Å². The molecule has 4 rings (SSSR count). The summed E-state index contributed by atoms with van der Waals surface area (Å²) in [5, 5.41) is 16.5. The Balaban J connectivity index is 0.00000702. The minimum absolute atomic E-state index is 0. The highest BCUT2D eigenvalue weighted by molar-refractivity contribution is 6.41. The molecule has 272 valence electrons. The Labute approximate surface area is 315 Å². The maximum atomic E-state index is 14.4. The number of fused-ring (bicyclic) bond motifs is 1. The summed E-state index contributed by atoms with van der Waals surface area (Å²) in [6.45, 7) is 8.83. The molecule has 0 bridgehead atoms. The fourth-order valence-corrected chi connectivity index (χ4v) is 6.06. The molecule has 0 aliphatic heterocycles. The molecule has 1 amide bonds. The molecule has 0 aliphatic carbocycles. The van der Waals surface area contributed by atoms with Crippen molar-refractivity contribution in [3.63, 3.8) is 0 Å². The number of nitrogens with zero attached hydrogens (tertiary/aromatic N) is 5. The van der Waals surface area contributed by atoms with Crippen LogP contribution in [0, 0.1) is 17.2 Å². The summed E-state index contributed by atoms with van der Waals surface area (Å²) in [7, 11) is 5.04. The highest BCUT2D eigenvalue weighted by atomic mass is 35.5. The number of pyridine rings is 1. The van der Waals surface area contributed by atoms with Crippen molar-refractivity contribution >= 4 is 64.2 Å². The number of unbranched alkanes of at least 4 members (excludes halogenated alkanes) is 1. The molecule has 14 heteroatoms. The van der Waals surface area contributed by atoms with Gasteiger partial charge in [0, 0.05) is 42.0 Å². The lowest BCUT2D eigenvalue weighted by Crippen LogP contribution is -2.25. The number of aromatic nitrogens is 3. The van der Waals surface area contributed by atoms with Crippen LogP contribution in [0.2, 0.25) is 10.0 Å². The predicted molar refractivity (Wildman–Crippen MR) is 208 cm³/mol. The van der Waals surface area contributed by atoms with Crippen LogP contribution in [0.1, 0.15) is 39.2 Å². The van der Waals surface area contributed by atoms with E-state index in [1.165, 1.54) is 14.2 Å². The number of methoxy groups -OCH3 is 2. The van der Waals surface area contributed by atoms with Gasteiger partial charge in [0.15, 0.2) is 0 Å². The molecule has 2 N–H and O–H groups in total. The van der Waals surface area contributed by atoms with Gasteiger partial charge in [0.2, 0.25) is 5.95 Å². The van der Waals surface area contributed by atoms with Crippen molar-refractivity contribution in [2.24, 2.45) is 5.92 Å². The summed E-state index contributed by atoms with van der Waals surface area (Å²) < 4.78 is 12.5. The van der Waals surface area contributed by atoms with Crippen LogP contribution in [-0.4, -0.2) is 66.2 Å². The fraction of sp³-hybridized carbons (Fsp3) is 0.378. The van der Waals surface area contributed by atoms with Crippen molar-refractivity contribution in [2.45, 2.75) is 46.6 Å². The third-order valence-electron chi connectivity index (χ3n) is 8.13. The number of carbonyl (C=O) groups is 1. The SMILES string of the molecule is CCN(C)CCCCNc1ncc2cc(-c3c(Cl)c(OC)cc(OC)c3Cl)c(=O)n(CCc3cccc(NC(=O)/C(C#N)=C/C(C)C)c3)c2n1.Cl. The van der Waals surface area contributed by atoms with Crippen molar-refractivity contribution in [1.82, 2.24) is 19.4 Å². The second-order valence-corrected chi connectivity index (χ2v) is 12.9. The minimum Gasteiger partial charge on any atom is -0.495 e. The molecule has 0 aliphatic rings. The molecule has 0 atom stereocenters. The van der Waals surface area contributed by atoms with Crippen molar-refractivity contribution in [1.29, 1.82) is 5.26 Å². The minimum atomic E-state index is -0.482. The van der Waals surface area contributed by atoms with E-state index < -0.39 is 5.91 Å². The topological polar surface area (TPSA) is 134 Å². The van der Waals surface area contributed by atoms with Gasteiger partial charge >= 0.3 is 0 Å². The number of allylic oxidation sites excluding steroid dienone is 1. The van der Waals surface area contributed by atoms with E-state index >= 15 is 0 Å². The zero-order valence-corrected chi connectivity index (χ0v) is 32.0. The van der Waals surface area contributed by atoms with Gasteiger partial charge in [0.05, 0.1) is 29.8 Å². The first-order chi connectivity index (χ1) is 24.0. The molecular weight excluding hydrogens is 713 g/mol. The van der Waals surface area contributed by atoms with Gasteiger partial charge in [0.25, 0.3) is 11.5 Å². The van der Waals surface area contributed by atoms with Crippen molar-refractivity contribution in [3.05, 3.63) is 80.2 Å². The lowest BCUT2D eigenvalue weighted by molar-refractivity contribution is -0.112. The number of amides is 1. The molecule has 11 nitrogen and oxygen atoms in total. The largest absolute Gasteiger partial charge is 0.495 e. The number of benzene rings is 2. The van der Waals surface area contributed by atoms with Crippen LogP contribution in [0.3, 0.4) is 0 Å². The third-order valence-corrected chi connectivity index (χ3v) is 8.88. The highest BCUT2D eigenvalue weighted by Crippen LogP contribution is 2.45. The van der Waals surface area contributed by atoms with E-state index in [0.29, 0.717) is 47.1 Å². The molecule has 0 saturated carbocycles. The molecule has 4 aromatic rings. The smallest absolute Gasteiger partial charge is 0.265 e. The first kappa shape index (κ1) is 41.1. The number of aryl methyl sites for hydroxylation is 2. The number of hydrogen-bond acceptors (Lipinski definition) is 9. The van der Waals surface area contributed by atoms with Gasteiger partial charge in [-0.25, -0.2) is 4.98 Å². The van der Waals surface area contributed by atoms with Crippen LogP contribution < -0.4 is 25.7 Å². The summed E-state index contributed by atoms with van der Waals surface area (Å²) in [6.07, 6.45) is 5.66. The Bertz CT molecular complexity index is 1950. The number of hydrogen-bond donors (Lipinski definition) is 2. The average Bonchev–Trinajstić information content (AvgIpc) is 3.10. The standard InChI is InChI=1S/C37H43Cl2N7O4.ClH/c1-7-45(4)15-9-8-14-41-37-42-22-26-19-28(31-32(38)29(49-5)20-30(50-6)33(31)39)36(48)46(34(26)44-37)16-13-24-11-10-12-27(18-24)43-35(47)25(21-40)17-23(2)3;/h10-12,17-20,22-23H,7-9,13-16H2,1-6H3,(H,43,47)(H,41,42,44);1H/b25-17+;. The van der Waals surface area contributed by atoms with E-state index in [1.54, 1.807) is 35.0 Å². The van der Waals surface area contributed by atoms with E-state index in [4.69, 9.17) is 37.7 Å². The van der Waals surface area contributed by atoms with Crippen LogP contribution >= 0.6 is 35.6 Å². The summed E-state index contributed by atoms with van der Waals surface area (Å²) in [6, 6.07) is 12.5. The van der Waals surface area contributed by atoms with E-state index in [1.807, 2.05) is 38.1 Å². The van der Waals surface area contributed by atoms with Crippen molar-refractivity contribution in [3.8, 4) is 28.7 Å².